The second-order valence-corrected chi connectivity index (χ2v) is 4.53. The van der Waals surface area contributed by atoms with Gasteiger partial charge in [-0.1, -0.05) is 24.2 Å². The van der Waals surface area contributed by atoms with Crippen LogP contribution >= 0.6 is 0 Å². The van der Waals surface area contributed by atoms with E-state index < -0.39 is 0 Å². The van der Waals surface area contributed by atoms with Crippen LogP contribution in [0.25, 0.3) is 22.6 Å². The first-order chi connectivity index (χ1) is 10.7. The van der Waals surface area contributed by atoms with Crippen molar-refractivity contribution in [3.05, 3.63) is 24.3 Å². The van der Waals surface area contributed by atoms with Crippen LogP contribution in [-0.4, -0.2) is 22.7 Å². The van der Waals surface area contributed by atoms with Crippen LogP contribution in [-0.2, 0) is 4.79 Å². The topological polar surface area (TPSA) is 90.4 Å². The number of anilines is 1. The van der Waals surface area contributed by atoms with Gasteiger partial charge in [0.1, 0.15) is 0 Å². The highest BCUT2D eigenvalue weighted by atomic mass is 16.5. The Morgan fingerprint density at radius 2 is 2.14 bits per heavy atom. The number of fused-ring (bicyclic) bond motifs is 1. The predicted molar refractivity (Wildman–Crippen MR) is 79.6 cm³/mol. The Bertz CT molecular complexity index is 806. The lowest BCUT2D eigenvalue weighted by Crippen LogP contribution is -2.09. The number of hydrogen-bond donors (Lipinski definition) is 1. The van der Waals surface area contributed by atoms with Gasteiger partial charge in [0.2, 0.25) is 5.91 Å². The van der Waals surface area contributed by atoms with Crippen LogP contribution in [0.15, 0.2) is 33.1 Å². The SMILES string of the molecule is CCOc1cccc2cc(-c3nnc(NC(=O)CC)o3)oc12. The molecule has 0 aliphatic carbocycles. The van der Waals surface area contributed by atoms with Crippen LogP contribution in [0.3, 0.4) is 0 Å². The van der Waals surface area contributed by atoms with Gasteiger partial charge in [-0.15, -0.1) is 5.10 Å². The number of aromatic nitrogens is 2. The molecule has 0 unspecified atom stereocenters. The summed E-state index contributed by atoms with van der Waals surface area (Å²) in [6.45, 7) is 4.19. The maximum atomic E-state index is 11.3. The quantitative estimate of drug-likeness (QED) is 0.778. The number of rotatable bonds is 5. The fraction of sp³-hybridized carbons (Fsp3) is 0.267. The maximum absolute atomic E-state index is 11.3. The smallest absolute Gasteiger partial charge is 0.322 e. The van der Waals surface area contributed by atoms with Crippen LogP contribution in [0.1, 0.15) is 20.3 Å². The summed E-state index contributed by atoms with van der Waals surface area (Å²) in [7, 11) is 0. The van der Waals surface area contributed by atoms with Crippen LogP contribution in [0.2, 0.25) is 0 Å². The van der Waals surface area contributed by atoms with E-state index >= 15 is 0 Å². The van der Waals surface area contributed by atoms with Gasteiger partial charge < -0.3 is 13.6 Å². The zero-order chi connectivity index (χ0) is 15.5. The minimum Gasteiger partial charge on any atom is -0.490 e. The van der Waals surface area contributed by atoms with E-state index in [1.54, 1.807) is 13.0 Å². The second kappa shape index (κ2) is 5.88. The van der Waals surface area contributed by atoms with Gasteiger partial charge in [-0.2, -0.15) is 0 Å². The maximum Gasteiger partial charge on any atom is 0.322 e. The van der Waals surface area contributed by atoms with E-state index in [2.05, 4.69) is 15.5 Å². The summed E-state index contributed by atoms with van der Waals surface area (Å²) in [5.41, 5.74) is 0.622. The van der Waals surface area contributed by atoms with Gasteiger partial charge in [-0.3, -0.25) is 10.1 Å². The van der Waals surface area contributed by atoms with Gasteiger partial charge in [0, 0.05) is 11.8 Å². The Labute approximate surface area is 126 Å². The highest BCUT2D eigenvalue weighted by Crippen LogP contribution is 2.33. The molecule has 0 saturated carbocycles. The first-order valence-electron chi connectivity index (χ1n) is 7.00. The third-order valence-electron chi connectivity index (χ3n) is 3.01. The fourth-order valence-corrected chi connectivity index (χ4v) is 1.99. The van der Waals surface area contributed by atoms with Crippen molar-refractivity contribution in [2.75, 3.05) is 11.9 Å². The van der Waals surface area contributed by atoms with E-state index in [0.717, 1.165) is 5.39 Å². The van der Waals surface area contributed by atoms with E-state index in [4.69, 9.17) is 13.6 Å². The molecular formula is C15H15N3O4. The van der Waals surface area contributed by atoms with E-state index in [0.29, 0.717) is 30.1 Å². The largest absolute Gasteiger partial charge is 0.490 e. The summed E-state index contributed by atoms with van der Waals surface area (Å²) in [6.07, 6.45) is 0.333. The standard InChI is InChI=1S/C15H15N3O4/c1-3-12(19)16-15-18-17-14(22-15)11-8-9-6-5-7-10(20-4-2)13(9)21-11/h5-8H,3-4H2,1-2H3,(H,16,18,19). The number of hydrogen-bond acceptors (Lipinski definition) is 6. The van der Waals surface area contributed by atoms with E-state index in [9.17, 15) is 4.79 Å². The molecule has 0 aliphatic heterocycles. The van der Waals surface area contributed by atoms with E-state index in [-0.39, 0.29) is 17.8 Å². The Balaban J connectivity index is 1.93. The third-order valence-corrected chi connectivity index (χ3v) is 3.01. The predicted octanol–water partition coefficient (Wildman–Crippen LogP) is 3.23. The van der Waals surface area contributed by atoms with E-state index in [1.165, 1.54) is 0 Å². The molecule has 0 atom stereocenters. The average molecular weight is 301 g/mol. The summed E-state index contributed by atoms with van der Waals surface area (Å²) >= 11 is 0. The highest BCUT2D eigenvalue weighted by Gasteiger charge is 2.16. The molecule has 7 nitrogen and oxygen atoms in total. The molecular weight excluding hydrogens is 286 g/mol. The number of nitrogens with zero attached hydrogens (tertiary/aromatic N) is 2. The molecule has 0 saturated heterocycles. The van der Waals surface area contributed by atoms with Gasteiger partial charge >= 0.3 is 6.01 Å². The summed E-state index contributed by atoms with van der Waals surface area (Å²) in [4.78, 5) is 11.3. The van der Waals surface area contributed by atoms with Crippen molar-refractivity contribution < 1.29 is 18.4 Å². The van der Waals surface area contributed by atoms with Crippen molar-refractivity contribution in [2.45, 2.75) is 20.3 Å². The molecule has 0 fully saturated rings. The highest BCUT2D eigenvalue weighted by molar-refractivity contribution is 5.88. The van der Waals surface area contributed by atoms with Crippen molar-refractivity contribution >= 4 is 22.9 Å². The first-order valence-corrected chi connectivity index (χ1v) is 7.00. The minimum atomic E-state index is -0.196. The monoisotopic (exact) mass is 301 g/mol. The number of ether oxygens (including phenoxy) is 1. The van der Waals surface area contributed by atoms with Crippen molar-refractivity contribution in [3.8, 4) is 17.4 Å². The number of carbonyl (C=O) groups excluding carboxylic acids is 1. The molecule has 22 heavy (non-hydrogen) atoms. The Morgan fingerprint density at radius 3 is 2.91 bits per heavy atom. The number of furan rings is 1. The summed E-state index contributed by atoms with van der Waals surface area (Å²) in [6, 6.07) is 7.46. The van der Waals surface area contributed by atoms with Crippen molar-refractivity contribution in [3.63, 3.8) is 0 Å². The van der Waals surface area contributed by atoms with Crippen LogP contribution in [0.4, 0.5) is 6.01 Å². The van der Waals surface area contributed by atoms with Gasteiger partial charge in [-0.05, 0) is 19.1 Å². The number of nitrogens with one attached hydrogen (secondary N) is 1. The molecule has 0 spiro atoms. The minimum absolute atomic E-state index is 0.0485. The number of benzene rings is 1. The summed E-state index contributed by atoms with van der Waals surface area (Å²) in [5.74, 6) is 1.08. The van der Waals surface area contributed by atoms with E-state index in [1.807, 2.05) is 25.1 Å². The molecule has 0 radical (unpaired) electrons. The van der Waals surface area contributed by atoms with Crippen LogP contribution in [0.5, 0.6) is 5.75 Å². The van der Waals surface area contributed by atoms with Crippen LogP contribution in [0, 0.1) is 0 Å². The second-order valence-electron chi connectivity index (χ2n) is 4.53. The molecule has 1 aromatic carbocycles. The van der Waals surface area contributed by atoms with Gasteiger partial charge in [0.25, 0.3) is 5.89 Å². The number of carbonyl (C=O) groups is 1. The molecule has 7 heteroatoms. The van der Waals surface area contributed by atoms with Crippen molar-refractivity contribution in [1.82, 2.24) is 10.2 Å². The third kappa shape index (κ3) is 2.65. The number of para-hydroxylation sites is 1. The molecule has 2 aromatic heterocycles. The Morgan fingerprint density at radius 1 is 1.27 bits per heavy atom. The zero-order valence-corrected chi connectivity index (χ0v) is 12.3. The summed E-state index contributed by atoms with van der Waals surface area (Å²) in [5, 5.41) is 11.0. The lowest BCUT2D eigenvalue weighted by Gasteiger charge is -2.01. The molecule has 3 aromatic rings. The molecule has 1 amide bonds. The molecule has 0 aliphatic rings. The molecule has 1 N–H and O–H groups in total. The Hall–Kier alpha value is -2.83. The molecule has 114 valence electrons. The molecule has 3 rings (SSSR count). The van der Waals surface area contributed by atoms with Gasteiger partial charge in [0.05, 0.1) is 6.61 Å². The normalized spacial score (nSPS) is 10.8. The number of amides is 1. The first kappa shape index (κ1) is 14.1. The molecule has 0 bridgehead atoms. The van der Waals surface area contributed by atoms with Crippen LogP contribution < -0.4 is 10.1 Å². The lowest BCUT2D eigenvalue weighted by molar-refractivity contribution is -0.116. The fourth-order valence-electron chi connectivity index (χ4n) is 1.99. The van der Waals surface area contributed by atoms with Gasteiger partial charge in [-0.25, -0.2) is 0 Å². The van der Waals surface area contributed by atoms with Crippen molar-refractivity contribution in [2.24, 2.45) is 0 Å². The Kier molecular flexibility index (Phi) is 3.78. The lowest BCUT2D eigenvalue weighted by atomic mass is 10.2. The summed E-state index contributed by atoms with van der Waals surface area (Å²) < 4.78 is 16.7. The van der Waals surface area contributed by atoms with Crippen molar-refractivity contribution in [1.29, 1.82) is 0 Å². The zero-order valence-electron chi connectivity index (χ0n) is 12.3. The average Bonchev–Trinajstić information content (AvgIpc) is 3.14. The van der Waals surface area contributed by atoms with Gasteiger partial charge in [0.15, 0.2) is 17.1 Å². The molecule has 2 heterocycles.